The van der Waals surface area contributed by atoms with Crippen LogP contribution in [0.3, 0.4) is 0 Å². The summed E-state index contributed by atoms with van der Waals surface area (Å²) in [6.07, 6.45) is -1.25. The predicted octanol–water partition coefficient (Wildman–Crippen LogP) is 1.94. The van der Waals surface area contributed by atoms with Gasteiger partial charge in [-0.3, -0.25) is 0 Å². The van der Waals surface area contributed by atoms with Crippen LogP contribution in [0.15, 0.2) is 0 Å². The van der Waals surface area contributed by atoms with E-state index in [1.165, 1.54) is 0 Å². The molecule has 3 atom stereocenters. The number of hydrogen-bond donors (Lipinski definition) is 1. The first-order valence-electron chi connectivity index (χ1n) is 4.41. The van der Waals surface area contributed by atoms with Crippen molar-refractivity contribution < 1.29 is 13.2 Å². The van der Waals surface area contributed by atoms with E-state index in [4.69, 9.17) is 0 Å². The standard InChI is InChI=1S/C8H12F3N/c9-8(10,11)6-5-3-1-2-4-12-7(5)6/h5-7,12H,1-4H2/t5-,6-,7-/m0/s1. The topological polar surface area (TPSA) is 12.0 Å². The molecule has 12 heavy (non-hydrogen) atoms. The SMILES string of the molecule is FC(F)(F)[C@H]1[C@@H]2CCCCN[C@@H]21. The maximum absolute atomic E-state index is 12.2. The molecular formula is C8H12F3N. The van der Waals surface area contributed by atoms with Crippen LogP contribution in [-0.4, -0.2) is 18.8 Å². The third kappa shape index (κ3) is 1.32. The van der Waals surface area contributed by atoms with E-state index >= 15 is 0 Å². The summed E-state index contributed by atoms with van der Waals surface area (Å²) in [5.41, 5.74) is 0. The van der Waals surface area contributed by atoms with Crippen LogP contribution in [0.5, 0.6) is 0 Å². The molecule has 1 saturated heterocycles. The van der Waals surface area contributed by atoms with Gasteiger partial charge in [0.1, 0.15) is 0 Å². The van der Waals surface area contributed by atoms with Crippen molar-refractivity contribution in [1.29, 1.82) is 0 Å². The molecule has 1 N–H and O–H groups in total. The van der Waals surface area contributed by atoms with Crippen LogP contribution in [0.25, 0.3) is 0 Å². The van der Waals surface area contributed by atoms with Crippen LogP contribution >= 0.6 is 0 Å². The molecule has 2 fully saturated rings. The van der Waals surface area contributed by atoms with Gasteiger partial charge in [0.2, 0.25) is 0 Å². The Bertz CT molecular complexity index is 166. The Hall–Kier alpha value is -0.250. The zero-order valence-electron chi connectivity index (χ0n) is 6.69. The second kappa shape index (κ2) is 2.62. The van der Waals surface area contributed by atoms with Gasteiger partial charge in [-0.05, 0) is 25.3 Å². The minimum Gasteiger partial charge on any atom is -0.313 e. The molecule has 0 amide bonds. The highest BCUT2D eigenvalue weighted by atomic mass is 19.4. The van der Waals surface area contributed by atoms with E-state index in [0.29, 0.717) is 0 Å². The molecule has 0 unspecified atom stereocenters. The Labute approximate surface area is 69.3 Å². The maximum atomic E-state index is 12.2. The van der Waals surface area contributed by atoms with Gasteiger partial charge < -0.3 is 5.32 Å². The van der Waals surface area contributed by atoms with Gasteiger partial charge in [-0.15, -0.1) is 0 Å². The van der Waals surface area contributed by atoms with Crippen LogP contribution in [-0.2, 0) is 0 Å². The van der Waals surface area contributed by atoms with E-state index in [2.05, 4.69) is 5.32 Å². The molecule has 70 valence electrons. The van der Waals surface area contributed by atoms with E-state index in [-0.39, 0.29) is 12.0 Å². The average molecular weight is 179 g/mol. The number of rotatable bonds is 0. The summed E-state index contributed by atoms with van der Waals surface area (Å²) in [7, 11) is 0. The zero-order valence-corrected chi connectivity index (χ0v) is 6.69. The fourth-order valence-corrected chi connectivity index (χ4v) is 2.23. The largest absolute Gasteiger partial charge is 0.393 e. The molecule has 2 rings (SSSR count). The van der Waals surface area contributed by atoms with E-state index < -0.39 is 12.1 Å². The van der Waals surface area contributed by atoms with E-state index in [1.807, 2.05) is 0 Å². The summed E-state index contributed by atoms with van der Waals surface area (Å²) in [4.78, 5) is 0. The molecule has 1 nitrogen and oxygen atoms in total. The molecule has 2 aliphatic rings. The second-order valence-corrected chi connectivity index (χ2v) is 3.71. The number of hydrogen-bond acceptors (Lipinski definition) is 1. The van der Waals surface area contributed by atoms with Crippen molar-refractivity contribution in [2.24, 2.45) is 11.8 Å². The van der Waals surface area contributed by atoms with Gasteiger partial charge in [0.15, 0.2) is 0 Å². The summed E-state index contributed by atoms with van der Waals surface area (Å²) < 4.78 is 36.7. The summed E-state index contributed by atoms with van der Waals surface area (Å²) in [6.45, 7) is 0.758. The number of nitrogens with one attached hydrogen (secondary N) is 1. The minimum absolute atomic E-state index is 0.118. The van der Waals surface area contributed by atoms with Gasteiger partial charge in [-0.1, -0.05) is 6.42 Å². The smallest absolute Gasteiger partial charge is 0.313 e. The molecule has 0 aromatic rings. The Balaban J connectivity index is 1.98. The molecule has 1 saturated carbocycles. The summed E-state index contributed by atoms with van der Waals surface area (Å²) in [6, 6.07) is -0.257. The van der Waals surface area contributed by atoms with Crippen molar-refractivity contribution in [3.63, 3.8) is 0 Å². The van der Waals surface area contributed by atoms with Crippen molar-refractivity contribution in [2.75, 3.05) is 6.54 Å². The Morgan fingerprint density at radius 3 is 2.58 bits per heavy atom. The third-order valence-electron chi connectivity index (χ3n) is 2.89. The van der Waals surface area contributed by atoms with E-state index in [0.717, 1.165) is 25.8 Å². The first-order valence-corrected chi connectivity index (χ1v) is 4.41. The van der Waals surface area contributed by atoms with Gasteiger partial charge >= 0.3 is 6.18 Å². The molecule has 1 heterocycles. The van der Waals surface area contributed by atoms with Gasteiger partial charge in [0.25, 0.3) is 0 Å². The zero-order chi connectivity index (χ0) is 8.77. The lowest BCUT2D eigenvalue weighted by molar-refractivity contribution is -0.152. The summed E-state index contributed by atoms with van der Waals surface area (Å²) in [5.74, 6) is -1.16. The minimum atomic E-state index is -3.97. The van der Waals surface area contributed by atoms with Crippen LogP contribution in [0.4, 0.5) is 13.2 Å². The van der Waals surface area contributed by atoms with Gasteiger partial charge in [-0.25, -0.2) is 0 Å². The van der Waals surface area contributed by atoms with E-state index in [1.54, 1.807) is 0 Å². The molecule has 1 aliphatic carbocycles. The lowest BCUT2D eigenvalue weighted by atomic mass is 10.1. The molecule has 1 aliphatic heterocycles. The van der Waals surface area contributed by atoms with Gasteiger partial charge in [0, 0.05) is 6.04 Å². The van der Waals surface area contributed by atoms with Crippen molar-refractivity contribution in [2.45, 2.75) is 31.5 Å². The van der Waals surface area contributed by atoms with Crippen molar-refractivity contribution in [3.05, 3.63) is 0 Å². The third-order valence-corrected chi connectivity index (χ3v) is 2.89. The van der Waals surface area contributed by atoms with Crippen LogP contribution in [0, 0.1) is 11.8 Å². The second-order valence-electron chi connectivity index (χ2n) is 3.71. The van der Waals surface area contributed by atoms with Crippen LogP contribution in [0.2, 0.25) is 0 Å². The summed E-state index contributed by atoms with van der Waals surface area (Å²) >= 11 is 0. The van der Waals surface area contributed by atoms with Crippen LogP contribution < -0.4 is 5.32 Å². The quantitative estimate of drug-likeness (QED) is 0.599. The number of alkyl halides is 3. The van der Waals surface area contributed by atoms with Crippen molar-refractivity contribution in [1.82, 2.24) is 5.32 Å². The fraction of sp³-hybridized carbons (Fsp3) is 1.00. The molecular weight excluding hydrogens is 167 g/mol. The highest BCUT2D eigenvalue weighted by Crippen LogP contribution is 2.53. The molecule has 0 radical (unpaired) electrons. The normalized spacial score (nSPS) is 41.8. The molecule has 0 aromatic carbocycles. The summed E-state index contributed by atoms with van der Waals surface area (Å²) in [5, 5.41) is 2.96. The fourth-order valence-electron chi connectivity index (χ4n) is 2.23. The monoisotopic (exact) mass is 179 g/mol. The average Bonchev–Trinajstić information content (AvgIpc) is 2.54. The predicted molar refractivity (Wildman–Crippen MR) is 38.7 cm³/mol. The molecule has 0 aromatic heterocycles. The molecule has 4 heteroatoms. The number of fused-ring (bicyclic) bond motifs is 1. The van der Waals surface area contributed by atoms with Gasteiger partial charge in [-0.2, -0.15) is 13.2 Å². The number of halogens is 3. The van der Waals surface area contributed by atoms with Crippen molar-refractivity contribution in [3.8, 4) is 0 Å². The first kappa shape index (κ1) is 8.35. The maximum Gasteiger partial charge on any atom is 0.393 e. The Kier molecular flexibility index (Phi) is 1.82. The van der Waals surface area contributed by atoms with Gasteiger partial charge in [0.05, 0.1) is 5.92 Å². The van der Waals surface area contributed by atoms with Crippen molar-refractivity contribution >= 4 is 0 Å². The lowest BCUT2D eigenvalue weighted by Gasteiger charge is -2.07. The highest BCUT2D eigenvalue weighted by Gasteiger charge is 2.63. The molecule has 0 bridgehead atoms. The van der Waals surface area contributed by atoms with E-state index in [9.17, 15) is 13.2 Å². The first-order chi connectivity index (χ1) is 5.61. The molecule has 0 spiro atoms. The lowest BCUT2D eigenvalue weighted by Crippen LogP contribution is -2.24. The Morgan fingerprint density at radius 2 is 1.92 bits per heavy atom. The Morgan fingerprint density at radius 1 is 1.17 bits per heavy atom. The van der Waals surface area contributed by atoms with Crippen LogP contribution in [0.1, 0.15) is 19.3 Å². The highest BCUT2D eigenvalue weighted by molar-refractivity contribution is 5.07.